The fraction of sp³-hybridized carbons (Fsp3) is 0. The summed E-state index contributed by atoms with van der Waals surface area (Å²) in [6.07, 6.45) is 1.40. The summed E-state index contributed by atoms with van der Waals surface area (Å²) in [6.45, 7) is 0. The summed E-state index contributed by atoms with van der Waals surface area (Å²) in [7, 11) is 0. The third kappa shape index (κ3) is 5.94. The number of aromatic amines is 1. The number of halogens is 4. The van der Waals surface area contributed by atoms with Crippen LogP contribution in [0.3, 0.4) is 0 Å². The number of rotatable bonds is 6. The van der Waals surface area contributed by atoms with Crippen molar-refractivity contribution < 1.29 is 14.3 Å². The van der Waals surface area contributed by atoms with Crippen molar-refractivity contribution in [2.75, 3.05) is 0 Å². The maximum Gasteiger partial charge on any atom is 0.343 e. The van der Waals surface area contributed by atoms with Crippen molar-refractivity contribution in [3.63, 3.8) is 0 Å². The number of H-pyrrole nitrogens is 1. The van der Waals surface area contributed by atoms with Gasteiger partial charge in [0.2, 0.25) is 0 Å². The van der Waals surface area contributed by atoms with Gasteiger partial charge >= 0.3 is 5.97 Å². The highest BCUT2D eigenvalue weighted by Crippen LogP contribution is 2.38. The van der Waals surface area contributed by atoms with Gasteiger partial charge in [-0.05, 0) is 70.5 Å². The number of esters is 1. The Bertz CT molecular complexity index is 1750. The second kappa shape index (κ2) is 11.8. The van der Waals surface area contributed by atoms with E-state index in [0.29, 0.717) is 38.0 Å². The number of aromatic nitrogens is 1. The fourth-order valence-electron chi connectivity index (χ4n) is 3.97. The molecule has 5 aromatic rings. The van der Waals surface area contributed by atoms with Crippen LogP contribution >= 0.6 is 55.1 Å². The second-order valence-electron chi connectivity index (χ2n) is 8.29. The van der Waals surface area contributed by atoms with Crippen LogP contribution in [0.15, 0.2) is 99.0 Å². The van der Waals surface area contributed by atoms with Crippen LogP contribution in [0.1, 0.15) is 26.4 Å². The lowest BCUT2D eigenvalue weighted by Crippen LogP contribution is -2.19. The van der Waals surface area contributed by atoms with Crippen LogP contribution in [0, 0.1) is 0 Å². The molecule has 194 valence electrons. The van der Waals surface area contributed by atoms with E-state index in [9.17, 15) is 9.59 Å². The Balaban J connectivity index is 1.43. The predicted molar refractivity (Wildman–Crippen MR) is 162 cm³/mol. The molecule has 0 radical (unpaired) electrons. The zero-order valence-electron chi connectivity index (χ0n) is 19.8. The van der Waals surface area contributed by atoms with E-state index < -0.39 is 11.9 Å². The first-order valence-corrected chi connectivity index (χ1v) is 13.8. The lowest BCUT2D eigenvalue weighted by molar-refractivity contribution is 0.0734. The van der Waals surface area contributed by atoms with Gasteiger partial charge in [-0.15, -0.1) is 0 Å². The smallest absolute Gasteiger partial charge is 0.343 e. The second-order valence-corrected chi connectivity index (χ2v) is 10.9. The third-order valence-electron chi connectivity index (χ3n) is 5.78. The van der Waals surface area contributed by atoms with Crippen molar-refractivity contribution in [2.24, 2.45) is 5.10 Å². The Hall–Kier alpha value is -3.43. The Morgan fingerprint density at radius 3 is 2.46 bits per heavy atom. The largest absolute Gasteiger partial charge is 0.422 e. The van der Waals surface area contributed by atoms with Crippen molar-refractivity contribution in [1.29, 1.82) is 0 Å². The van der Waals surface area contributed by atoms with Crippen molar-refractivity contribution in [2.45, 2.75) is 0 Å². The van der Waals surface area contributed by atoms with Gasteiger partial charge in [0.25, 0.3) is 5.91 Å². The summed E-state index contributed by atoms with van der Waals surface area (Å²) in [5.41, 5.74) is 5.80. The van der Waals surface area contributed by atoms with Gasteiger partial charge in [0.15, 0.2) is 0 Å². The lowest BCUT2D eigenvalue weighted by atomic mass is 10.0. The van der Waals surface area contributed by atoms with Gasteiger partial charge in [0, 0.05) is 41.1 Å². The molecule has 0 saturated heterocycles. The molecule has 1 aromatic heterocycles. The SMILES string of the molecule is O=C(Oc1ccc(Br)cc1C=NNC(=O)c1[nH]c2c(Br)cccc2c1-c1ccccc1Cl)c1ccc(Cl)cc1. The maximum absolute atomic E-state index is 13.3. The molecule has 0 aliphatic heterocycles. The zero-order valence-corrected chi connectivity index (χ0v) is 24.5. The van der Waals surface area contributed by atoms with E-state index in [4.69, 9.17) is 27.9 Å². The van der Waals surface area contributed by atoms with Crippen LogP contribution in [-0.4, -0.2) is 23.1 Å². The van der Waals surface area contributed by atoms with Crippen LogP contribution in [0.4, 0.5) is 0 Å². The number of nitrogens with zero attached hydrogens (tertiary/aromatic N) is 1. The number of nitrogens with one attached hydrogen (secondary N) is 2. The number of fused-ring (bicyclic) bond motifs is 1. The van der Waals surface area contributed by atoms with Crippen LogP contribution in [0.2, 0.25) is 10.0 Å². The normalized spacial score (nSPS) is 11.2. The van der Waals surface area contributed by atoms with Crippen LogP contribution < -0.4 is 10.2 Å². The number of hydrogen-bond acceptors (Lipinski definition) is 4. The first-order valence-electron chi connectivity index (χ1n) is 11.5. The Kier molecular flexibility index (Phi) is 8.18. The molecule has 2 N–H and O–H groups in total. The molecule has 1 amide bonds. The van der Waals surface area contributed by atoms with E-state index in [1.54, 1.807) is 48.5 Å². The molecule has 1 heterocycles. The minimum Gasteiger partial charge on any atom is -0.422 e. The number of carbonyl (C=O) groups is 2. The van der Waals surface area contributed by atoms with E-state index in [-0.39, 0.29) is 5.75 Å². The molecule has 0 atom stereocenters. The monoisotopic (exact) mass is 683 g/mol. The van der Waals surface area contributed by atoms with Gasteiger partial charge in [-0.3, -0.25) is 4.79 Å². The summed E-state index contributed by atoms with van der Waals surface area (Å²) in [5, 5.41) is 6.00. The van der Waals surface area contributed by atoms with E-state index in [1.165, 1.54) is 6.21 Å². The molecule has 0 aliphatic carbocycles. The van der Waals surface area contributed by atoms with Gasteiger partial charge < -0.3 is 9.72 Å². The molecule has 6 nitrogen and oxygen atoms in total. The number of benzene rings is 4. The minimum atomic E-state index is -0.555. The number of para-hydroxylation sites is 1. The van der Waals surface area contributed by atoms with Gasteiger partial charge in [-0.25, -0.2) is 10.2 Å². The molecule has 5 rings (SSSR count). The first kappa shape index (κ1) is 27.1. The van der Waals surface area contributed by atoms with E-state index in [1.807, 2.05) is 36.4 Å². The molecule has 0 aliphatic rings. The van der Waals surface area contributed by atoms with Gasteiger partial charge in [0.1, 0.15) is 11.4 Å². The average molecular weight is 686 g/mol. The standard InChI is InChI=1S/C29H17Br2Cl2N3O3/c30-18-10-13-24(39-29(38)16-8-11-19(32)12-9-16)17(14-18)15-34-36-28(37)27-25(20-4-1-2-7-23(20)33)21-5-3-6-22(31)26(21)35-27/h1-15,35H,(H,36,37). The van der Waals surface area contributed by atoms with E-state index in [0.717, 1.165) is 19.8 Å². The highest BCUT2D eigenvalue weighted by Gasteiger charge is 2.22. The molecular weight excluding hydrogens is 669 g/mol. The van der Waals surface area contributed by atoms with Gasteiger partial charge in [-0.2, -0.15) is 5.10 Å². The Morgan fingerprint density at radius 1 is 0.923 bits per heavy atom. The van der Waals surface area contributed by atoms with E-state index >= 15 is 0 Å². The topological polar surface area (TPSA) is 83.5 Å². The fourth-order valence-corrected chi connectivity index (χ4v) is 5.17. The molecule has 0 bridgehead atoms. The summed E-state index contributed by atoms with van der Waals surface area (Å²) >= 11 is 19.4. The van der Waals surface area contributed by atoms with Crippen molar-refractivity contribution >= 4 is 84.1 Å². The highest BCUT2D eigenvalue weighted by molar-refractivity contribution is 9.11. The van der Waals surface area contributed by atoms with E-state index in [2.05, 4.69) is 47.4 Å². The highest BCUT2D eigenvalue weighted by atomic mass is 79.9. The summed E-state index contributed by atoms with van der Waals surface area (Å²) in [6, 6.07) is 24.5. The molecule has 0 fully saturated rings. The quantitative estimate of drug-likeness (QED) is 0.0812. The Labute approximate surface area is 250 Å². The Morgan fingerprint density at radius 2 is 1.69 bits per heavy atom. The number of hydrogen-bond donors (Lipinski definition) is 2. The molecular formula is C29H17Br2Cl2N3O3. The molecule has 0 spiro atoms. The van der Waals surface area contributed by atoms with Crippen molar-refractivity contribution in [3.05, 3.63) is 121 Å². The first-order chi connectivity index (χ1) is 18.8. The van der Waals surface area contributed by atoms with Crippen LogP contribution in [0.25, 0.3) is 22.0 Å². The zero-order chi connectivity index (χ0) is 27.5. The summed E-state index contributed by atoms with van der Waals surface area (Å²) in [4.78, 5) is 29.2. The number of amides is 1. The predicted octanol–water partition coefficient (Wildman–Crippen LogP) is 8.65. The number of hydrazone groups is 1. The molecule has 39 heavy (non-hydrogen) atoms. The minimum absolute atomic E-state index is 0.266. The third-order valence-corrected chi connectivity index (χ3v) is 7.51. The summed E-state index contributed by atoms with van der Waals surface area (Å²) in [5.74, 6) is -0.762. The average Bonchev–Trinajstić information content (AvgIpc) is 3.31. The van der Waals surface area contributed by atoms with Gasteiger partial charge in [0.05, 0.1) is 17.3 Å². The van der Waals surface area contributed by atoms with Crippen molar-refractivity contribution in [1.82, 2.24) is 10.4 Å². The van der Waals surface area contributed by atoms with Crippen LogP contribution in [-0.2, 0) is 0 Å². The lowest BCUT2D eigenvalue weighted by Gasteiger charge is -2.08. The van der Waals surface area contributed by atoms with Crippen LogP contribution in [0.5, 0.6) is 5.75 Å². The molecule has 0 saturated carbocycles. The number of carbonyl (C=O) groups excluding carboxylic acids is 2. The number of ether oxygens (including phenoxy) is 1. The summed E-state index contributed by atoms with van der Waals surface area (Å²) < 4.78 is 7.12. The molecule has 10 heteroatoms. The van der Waals surface area contributed by atoms with Gasteiger partial charge in [-0.1, -0.05) is 69.5 Å². The molecule has 4 aromatic carbocycles. The molecule has 0 unspecified atom stereocenters. The van der Waals surface area contributed by atoms with Crippen molar-refractivity contribution in [3.8, 4) is 16.9 Å². The maximum atomic E-state index is 13.3.